The van der Waals surface area contributed by atoms with Gasteiger partial charge in [0.1, 0.15) is 0 Å². The largest absolute Gasteiger partial charge is 0.352 e. The van der Waals surface area contributed by atoms with Crippen molar-refractivity contribution in [2.24, 2.45) is 0 Å². The van der Waals surface area contributed by atoms with Crippen LogP contribution >= 0.6 is 11.3 Å². The van der Waals surface area contributed by atoms with E-state index >= 15 is 0 Å². The number of anilines is 1. The van der Waals surface area contributed by atoms with E-state index in [9.17, 15) is 18.0 Å². The predicted octanol–water partition coefficient (Wildman–Crippen LogP) is 2.42. The lowest BCUT2D eigenvalue weighted by Gasteiger charge is -2.08. The van der Waals surface area contributed by atoms with Gasteiger partial charge in [0.05, 0.1) is 16.8 Å². The SMILES string of the molecule is O=C(CCNC(=O)c1ccc(S(=O)(=O)NCCc2cccs2)cc1)Nc1cccnc1. The third-order valence-electron chi connectivity index (χ3n) is 4.25. The molecular weight excluding hydrogens is 436 g/mol. The van der Waals surface area contributed by atoms with Crippen molar-refractivity contribution in [2.75, 3.05) is 18.4 Å². The molecule has 0 bridgehead atoms. The fraction of sp³-hybridized carbons (Fsp3) is 0.190. The number of hydrogen-bond acceptors (Lipinski definition) is 6. The molecule has 0 saturated heterocycles. The quantitative estimate of drug-likeness (QED) is 0.431. The van der Waals surface area contributed by atoms with Gasteiger partial charge in [-0.3, -0.25) is 14.6 Å². The highest BCUT2D eigenvalue weighted by Crippen LogP contribution is 2.12. The zero-order valence-electron chi connectivity index (χ0n) is 16.6. The molecule has 31 heavy (non-hydrogen) atoms. The zero-order valence-corrected chi connectivity index (χ0v) is 18.2. The van der Waals surface area contributed by atoms with Crippen molar-refractivity contribution in [2.45, 2.75) is 17.7 Å². The van der Waals surface area contributed by atoms with Crippen molar-refractivity contribution in [3.05, 3.63) is 76.7 Å². The monoisotopic (exact) mass is 458 g/mol. The summed E-state index contributed by atoms with van der Waals surface area (Å²) in [6, 6.07) is 13.0. The lowest BCUT2D eigenvalue weighted by molar-refractivity contribution is -0.116. The summed E-state index contributed by atoms with van der Waals surface area (Å²) in [5.41, 5.74) is 0.893. The minimum Gasteiger partial charge on any atom is -0.352 e. The Morgan fingerprint density at radius 1 is 1.00 bits per heavy atom. The maximum atomic E-state index is 12.4. The zero-order chi connectivity index (χ0) is 22.1. The van der Waals surface area contributed by atoms with Crippen LogP contribution in [-0.4, -0.2) is 38.3 Å². The van der Waals surface area contributed by atoms with Crippen LogP contribution in [0.15, 0.2) is 71.2 Å². The number of rotatable bonds is 10. The van der Waals surface area contributed by atoms with Crippen molar-refractivity contribution in [1.82, 2.24) is 15.0 Å². The molecule has 0 aliphatic heterocycles. The van der Waals surface area contributed by atoms with Gasteiger partial charge >= 0.3 is 0 Å². The summed E-state index contributed by atoms with van der Waals surface area (Å²) in [7, 11) is -3.65. The van der Waals surface area contributed by atoms with Crippen LogP contribution in [0.1, 0.15) is 21.7 Å². The number of aromatic nitrogens is 1. The molecule has 2 aromatic heterocycles. The van der Waals surface area contributed by atoms with E-state index in [-0.39, 0.29) is 29.7 Å². The summed E-state index contributed by atoms with van der Waals surface area (Å²) in [6.07, 6.45) is 3.85. The first-order chi connectivity index (χ1) is 14.9. The summed E-state index contributed by atoms with van der Waals surface area (Å²) in [5.74, 6) is -0.632. The van der Waals surface area contributed by atoms with Crippen molar-refractivity contribution in [3.63, 3.8) is 0 Å². The molecule has 3 N–H and O–H groups in total. The van der Waals surface area contributed by atoms with Crippen molar-refractivity contribution >= 4 is 38.9 Å². The first-order valence-corrected chi connectivity index (χ1v) is 11.9. The molecule has 3 aromatic rings. The Morgan fingerprint density at radius 2 is 1.81 bits per heavy atom. The number of carbonyl (C=O) groups excluding carboxylic acids is 2. The number of hydrogen-bond donors (Lipinski definition) is 3. The minimum absolute atomic E-state index is 0.0890. The second-order valence-electron chi connectivity index (χ2n) is 6.55. The fourth-order valence-electron chi connectivity index (χ4n) is 2.68. The molecule has 162 valence electrons. The summed E-state index contributed by atoms with van der Waals surface area (Å²) >= 11 is 1.58. The molecule has 0 fully saturated rings. The predicted molar refractivity (Wildman–Crippen MR) is 119 cm³/mol. The maximum absolute atomic E-state index is 12.4. The van der Waals surface area contributed by atoms with Gasteiger partial charge in [-0.2, -0.15) is 0 Å². The van der Waals surface area contributed by atoms with E-state index in [1.54, 1.807) is 29.7 Å². The van der Waals surface area contributed by atoms with Gasteiger partial charge in [0, 0.05) is 36.1 Å². The smallest absolute Gasteiger partial charge is 0.251 e. The molecule has 2 heterocycles. The van der Waals surface area contributed by atoms with Gasteiger partial charge in [0.15, 0.2) is 0 Å². The number of nitrogens with one attached hydrogen (secondary N) is 3. The van der Waals surface area contributed by atoms with Crippen LogP contribution in [0.4, 0.5) is 5.69 Å². The second-order valence-corrected chi connectivity index (χ2v) is 9.35. The Balaban J connectivity index is 1.45. The van der Waals surface area contributed by atoms with Gasteiger partial charge in [0.2, 0.25) is 15.9 Å². The minimum atomic E-state index is -3.65. The highest BCUT2D eigenvalue weighted by molar-refractivity contribution is 7.89. The first kappa shape index (κ1) is 22.6. The number of benzene rings is 1. The van der Waals surface area contributed by atoms with E-state index < -0.39 is 10.0 Å². The van der Waals surface area contributed by atoms with Crippen LogP contribution < -0.4 is 15.4 Å². The Hall–Kier alpha value is -3.08. The molecule has 0 aliphatic carbocycles. The van der Waals surface area contributed by atoms with Crippen LogP contribution in [0.2, 0.25) is 0 Å². The van der Waals surface area contributed by atoms with E-state index in [0.717, 1.165) is 4.88 Å². The third-order valence-corrected chi connectivity index (χ3v) is 6.67. The standard InChI is InChI=1S/C21H22N4O4S2/c26-20(25-17-3-1-11-22-15-17)10-12-23-21(27)16-5-7-19(8-6-16)31(28,29)24-13-9-18-4-2-14-30-18/h1-8,11,14-15,24H,9-10,12-13H2,(H,23,27)(H,25,26). The number of nitrogens with zero attached hydrogens (tertiary/aromatic N) is 1. The summed E-state index contributed by atoms with van der Waals surface area (Å²) in [4.78, 5) is 29.2. The molecule has 0 radical (unpaired) electrons. The van der Waals surface area contributed by atoms with Crippen LogP contribution in [0, 0.1) is 0 Å². The van der Waals surface area contributed by atoms with Gasteiger partial charge in [-0.25, -0.2) is 13.1 Å². The van der Waals surface area contributed by atoms with E-state index in [1.165, 1.54) is 30.5 Å². The van der Waals surface area contributed by atoms with E-state index in [1.807, 2.05) is 17.5 Å². The van der Waals surface area contributed by atoms with Crippen LogP contribution in [0.25, 0.3) is 0 Å². The van der Waals surface area contributed by atoms with Gasteiger partial charge in [0.25, 0.3) is 5.91 Å². The Labute approximate surface area is 184 Å². The summed E-state index contributed by atoms with van der Waals surface area (Å²) in [6.45, 7) is 0.446. The average Bonchev–Trinajstić information content (AvgIpc) is 3.28. The molecule has 2 amide bonds. The lowest BCUT2D eigenvalue weighted by Crippen LogP contribution is -2.28. The Morgan fingerprint density at radius 3 is 2.48 bits per heavy atom. The molecule has 0 saturated carbocycles. The molecule has 1 aromatic carbocycles. The molecule has 8 nitrogen and oxygen atoms in total. The van der Waals surface area contributed by atoms with E-state index in [0.29, 0.717) is 24.2 Å². The summed E-state index contributed by atoms with van der Waals surface area (Å²) in [5, 5.41) is 7.27. The average molecular weight is 459 g/mol. The number of sulfonamides is 1. The number of carbonyl (C=O) groups is 2. The number of amides is 2. The van der Waals surface area contributed by atoms with E-state index in [4.69, 9.17) is 0 Å². The van der Waals surface area contributed by atoms with Crippen LogP contribution in [0.5, 0.6) is 0 Å². The van der Waals surface area contributed by atoms with E-state index in [2.05, 4.69) is 20.3 Å². The van der Waals surface area contributed by atoms with Crippen molar-refractivity contribution < 1.29 is 18.0 Å². The van der Waals surface area contributed by atoms with Crippen LogP contribution in [-0.2, 0) is 21.2 Å². The van der Waals surface area contributed by atoms with Gasteiger partial charge in [-0.15, -0.1) is 11.3 Å². The van der Waals surface area contributed by atoms with Crippen molar-refractivity contribution in [1.29, 1.82) is 0 Å². The molecule has 0 spiro atoms. The van der Waals surface area contributed by atoms with Gasteiger partial charge in [-0.1, -0.05) is 6.07 Å². The van der Waals surface area contributed by atoms with Crippen molar-refractivity contribution in [3.8, 4) is 0 Å². The maximum Gasteiger partial charge on any atom is 0.251 e. The highest BCUT2D eigenvalue weighted by atomic mass is 32.2. The number of thiophene rings is 1. The Bertz CT molecular complexity index is 1100. The normalized spacial score (nSPS) is 11.1. The number of pyridine rings is 1. The Kier molecular flexibility index (Phi) is 7.88. The lowest BCUT2D eigenvalue weighted by atomic mass is 10.2. The molecule has 10 heteroatoms. The van der Waals surface area contributed by atoms with Gasteiger partial charge in [-0.05, 0) is 54.3 Å². The second kappa shape index (κ2) is 10.8. The fourth-order valence-corrected chi connectivity index (χ4v) is 4.42. The topological polar surface area (TPSA) is 117 Å². The van der Waals surface area contributed by atoms with Crippen LogP contribution in [0.3, 0.4) is 0 Å². The molecule has 0 unspecified atom stereocenters. The highest BCUT2D eigenvalue weighted by Gasteiger charge is 2.15. The third kappa shape index (κ3) is 6.99. The molecular formula is C21H22N4O4S2. The molecule has 0 atom stereocenters. The first-order valence-electron chi connectivity index (χ1n) is 9.54. The molecule has 3 rings (SSSR count). The van der Waals surface area contributed by atoms with Gasteiger partial charge < -0.3 is 10.6 Å². The summed E-state index contributed by atoms with van der Waals surface area (Å²) < 4.78 is 27.3. The molecule has 0 aliphatic rings.